The maximum Gasteiger partial charge on any atom is 0.231 e. The van der Waals surface area contributed by atoms with Crippen LogP contribution in [0, 0.1) is 11.8 Å². The number of carbonyl (C=O) groups excluding carboxylic acids is 2. The van der Waals surface area contributed by atoms with Crippen molar-refractivity contribution in [1.82, 2.24) is 15.1 Å². The summed E-state index contributed by atoms with van der Waals surface area (Å²) in [6, 6.07) is 8.21. The number of anilines is 2. The van der Waals surface area contributed by atoms with E-state index < -0.39 is 15.1 Å². The van der Waals surface area contributed by atoms with Gasteiger partial charge in [-0.2, -0.15) is 10.2 Å². The van der Waals surface area contributed by atoms with E-state index >= 15 is 0 Å². The molecule has 0 saturated carbocycles. The molecule has 2 aliphatic rings. The summed E-state index contributed by atoms with van der Waals surface area (Å²) in [6.45, 7) is 5.83. The standard InChI is InChI=1S/C23H29N5O4S/c1-16(2)23(30)27-11-8-21(9-12-27)33(31,32)20-5-3-18(4-6-20)26-22(29)17-14-28(15-17)19-7-10-24-25-13-19/h3-7,10,13,16-17,21H,8-9,11-12,14-15H2,1-2H3,(H,26,29). The number of sulfone groups is 1. The van der Waals surface area contributed by atoms with E-state index in [2.05, 4.69) is 20.4 Å². The fourth-order valence-electron chi connectivity index (χ4n) is 4.24. The van der Waals surface area contributed by atoms with Gasteiger partial charge in [-0.15, -0.1) is 0 Å². The lowest BCUT2D eigenvalue weighted by Gasteiger charge is -2.39. The molecule has 2 aromatic rings. The summed E-state index contributed by atoms with van der Waals surface area (Å²) in [6.07, 6.45) is 4.15. The van der Waals surface area contributed by atoms with Crippen molar-refractivity contribution >= 4 is 33.0 Å². The van der Waals surface area contributed by atoms with Crippen LogP contribution in [0.3, 0.4) is 0 Å². The third-order valence-electron chi connectivity index (χ3n) is 6.32. The number of likely N-dealkylation sites (tertiary alicyclic amines) is 1. The first kappa shape index (κ1) is 23.2. The van der Waals surface area contributed by atoms with Crippen molar-refractivity contribution in [3.05, 3.63) is 42.7 Å². The second-order valence-corrected chi connectivity index (χ2v) is 11.2. The van der Waals surface area contributed by atoms with Gasteiger partial charge in [0, 0.05) is 37.8 Å². The van der Waals surface area contributed by atoms with Gasteiger partial charge in [0.25, 0.3) is 0 Å². The van der Waals surface area contributed by atoms with Crippen LogP contribution >= 0.6 is 0 Å². The molecule has 3 heterocycles. The van der Waals surface area contributed by atoms with Gasteiger partial charge in [-0.05, 0) is 43.2 Å². The van der Waals surface area contributed by atoms with Crippen LogP contribution in [-0.2, 0) is 19.4 Å². The van der Waals surface area contributed by atoms with Crippen LogP contribution in [0.5, 0.6) is 0 Å². The van der Waals surface area contributed by atoms with E-state index in [1.165, 1.54) is 0 Å². The van der Waals surface area contributed by atoms with E-state index in [0.29, 0.717) is 44.7 Å². The lowest BCUT2D eigenvalue weighted by Crippen LogP contribution is -2.52. The zero-order valence-electron chi connectivity index (χ0n) is 18.8. The van der Waals surface area contributed by atoms with E-state index in [9.17, 15) is 18.0 Å². The molecule has 10 heteroatoms. The highest BCUT2D eigenvalue weighted by molar-refractivity contribution is 7.92. The Labute approximate surface area is 194 Å². The Hall–Kier alpha value is -3.01. The number of benzene rings is 1. The number of nitrogens with zero attached hydrogens (tertiary/aromatic N) is 4. The number of carbonyl (C=O) groups is 2. The molecule has 33 heavy (non-hydrogen) atoms. The molecule has 0 aliphatic carbocycles. The fraction of sp³-hybridized carbons (Fsp3) is 0.478. The molecular weight excluding hydrogens is 442 g/mol. The Morgan fingerprint density at radius 2 is 1.70 bits per heavy atom. The van der Waals surface area contributed by atoms with Gasteiger partial charge in [0.15, 0.2) is 9.84 Å². The average molecular weight is 472 g/mol. The van der Waals surface area contributed by atoms with Gasteiger partial charge in [-0.25, -0.2) is 8.42 Å². The number of hydrogen-bond acceptors (Lipinski definition) is 7. The highest BCUT2D eigenvalue weighted by Crippen LogP contribution is 2.27. The molecule has 2 fully saturated rings. The van der Waals surface area contributed by atoms with Crippen LogP contribution in [0.25, 0.3) is 0 Å². The molecule has 0 spiro atoms. The lowest BCUT2D eigenvalue weighted by atomic mass is 9.98. The molecule has 0 radical (unpaired) electrons. The van der Waals surface area contributed by atoms with E-state index in [1.807, 2.05) is 19.9 Å². The fourth-order valence-corrected chi connectivity index (χ4v) is 5.97. The van der Waals surface area contributed by atoms with Gasteiger partial charge in [0.1, 0.15) is 0 Å². The quantitative estimate of drug-likeness (QED) is 0.685. The largest absolute Gasteiger partial charge is 0.368 e. The van der Waals surface area contributed by atoms with Crippen molar-refractivity contribution in [3.63, 3.8) is 0 Å². The van der Waals surface area contributed by atoms with Crippen molar-refractivity contribution in [2.75, 3.05) is 36.4 Å². The summed E-state index contributed by atoms with van der Waals surface area (Å²) >= 11 is 0. The van der Waals surface area contributed by atoms with E-state index in [1.54, 1.807) is 41.6 Å². The molecule has 176 valence electrons. The minimum Gasteiger partial charge on any atom is -0.368 e. The normalized spacial score (nSPS) is 17.7. The first-order valence-electron chi connectivity index (χ1n) is 11.2. The minimum absolute atomic E-state index is 0.0676. The van der Waals surface area contributed by atoms with Gasteiger partial charge >= 0.3 is 0 Å². The molecule has 1 aromatic heterocycles. The van der Waals surface area contributed by atoms with Gasteiger partial charge in [-0.3, -0.25) is 9.59 Å². The monoisotopic (exact) mass is 471 g/mol. The first-order chi connectivity index (χ1) is 15.8. The van der Waals surface area contributed by atoms with Gasteiger partial charge in [0.2, 0.25) is 11.8 Å². The molecule has 4 rings (SSSR count). The van der Waals surface area contributed by atoms with Crippen molar-refractivity contribution < 1.29 is 18.0 Å². The number of aromatic nitrogens is 2. The average Bonchev–Trinajstić information content (AvgIpc) is 2.78. The summed E-state index contributed by atoms with van der Waals surface area (Å²) in [4.78, 5) is 28.7. The smallest absolute Gasteiger partial charge is 0.231 e. The summed E-state index contributed by atoms with van der Waals surface area (Å²) in [5, 5.41) is 9.97. The molecule has 1 N–H and O–H groups in total. The Morgan fingerprint density at radius 1 is 1.03 bits per heavy atom. The molecule has 9 nitrogen and oxygen atoms in total. The van der Waals surface area contributed by atoms with Crippen LogP contribution in [0.4, 0.5) is 11.4 Å². The molecule has 0 unspecified atom stereocenters. The third-order valence-corrected chi connectivity index (χ3v) is 8.60. The Kier molecular flexibility index (Phi) is 6.64. The SMILES string of the molecule is CC(C)C(=O)N1CCC(S(=O)(=O)c2ccc(NC(=O)C3CN(c4ccnnc4)C3)cc2)CC1. The van der Waals surface area contributed by atoms with Crippen molar-refractivity contribution in [1.29, 1.82) is 0 Å². The van der Waals surface area contributed by atoms with Gasteiger partial charge in [0.05, 0.1) is 34.1 Å². The van der Waals surface area contributed by atoms with Crippen LogP contribution < -0.4 is 10.2 Å². The zero-order valence-corrected chi connectivity index (χ0v) is 19.7. The Bertz CT molecular complexity index is 1090. The third kappa shape index (κ3) is 5.00. The summed E-state index contributed by atoms with van der Waals surface area (Å²) in [5.74, 6) is -0.249. The predicted octanol–water partition coefficient (Wildman–Crippen LogP) is 1.97. The first-order valence-corrected chi connectivity index (χ1v) is 12.8. The summed E-state index contributed by atoms with van der Waals surface area (Å²) in [7, 11) is -3.49. The molecule has 2 aliphatic heterocycles. The molecule has 2 saturated heterocycles. The van der Waals surface area contributed by atoms with Crippen molar-refractivity contribution in [2.24, 2.45) is 11.8 Å². The van der Waals surface area contributed by atoms with Crippen LogP contribution in [0.2, 0.25) is 0 Å². The molecule has 1 aromatic carbocycles. The topological polar surface area (TPSA) is 113 Å². The zero-order chi connectivity index (χ0) is 23.6. The molecular formula is C23H29N5O4S. The van der Waals surface area contributed by atoms with Crippen LogP contribution in [0.1, 0.15) is 26.7 Å². The number of rotatable bonds is 6. The van der Waals surface area contributed by atoms with Gasteiger partial charge in [-0.1, -0.05) is 13.8 Å². The highest BCUT2D eigenvalue weighted by atomic mass is 32.2. The second kappa shape index (κ2) is 9.46. The Morgan fingerprint density at radius 3 is 2.27 bits per heavy atom. The van der Waals surface area contributed by atoms with E-state index in [0.717, 1.165) is 5.69 Å². The minimum atomic E-state index is -3.49. The molecule has 0 bridgehead atoms. The van der Waals surface area contributed by atoms with E-state index in [-0.39, 0.29) is 28.5 Å². The molecule has 0 atom stereocenters. The number of nitrogens with one attached hydrogen (secondary N) is 1. The number of hydrogen-bond donors (Lipinski definition) is 1. The second-order valence-electron chi connectivity index (χ2n) is 8.94. The van der Waals surface area contributed by atoms with Crippen molar-refractivity contribution in [2.45, 2.75) is 36.8 Å². The van der Waals surface area contributed by atoms with Crippen molar-refractivity contribution in [3.8, 4) is 0 Å². The van der Waals surface area contributed by atoms with Crippen LogP contribution in [0.15, 0.2) is 47.6 Å². The number of amides is 2. The van der Waals surface area contributed by atoms with Gasteiger partial charge < -0.3 is 15.1 Å². The summed E-state index contributed by atoms with van der Waals surface area (Å²) < 4.78 is 26.1. The number of piperidine rings is 1. The maximum absolute atomic E-state index is 13.1. The highest BCUT2D eigenvalue weighted by Gasteiger charge is 2.34. The Balaban J connectivity index is 1.31. The van der Waals surface area contributed by atoms with E-state index in [4.69, 9.17) is 0 Å². The predicted molar refractivity (Wildman–Crippen MR) is 124 cm³/mol. The summed E-state index contributed by atoms with van der Waals surface area (Å²) in [5.41, 5.74) is 1.50. The van der Waals surface area contributed by atoms with Crippen LogP contribution in [-0.4, -0.2) is 66.8 Å². The lowest BCUT2D eigenvalue weighted by molar-refractivity contribution is -0.135. The molecule has 2 amide bonds. The maximum atomic E-state index is 13.1.